The zero-order chi connectivity index (χ0) is 37.8. The Morgan fingerprint density at radius 2 is 1.65 bits per heavy atom. The first-order valence-electron chi connectivity index (χ1n) is 18.8. The molecular weight excluding hydrogens is 624 g/mol. The maximum atomic E-state index is 12.1. The fourth-order valence-electron chi connectivity index (χ4n) is 8.39. The topological polar surface area (TPSA) is 157 Å². The molecule has 2 fully saturated rings. The second-order valence-corrected chi connectivity index (χ2v) is 14.9. The van der Waals surface area contributed by atoms with E-state index < -0.39 is 23.6 Å². The summed E-state index contributed by atoms with van der Waals surface area (Å²) in [5.74, 6) is 0.155. The van der Waals surface area contributed by atoms with Gasteiger partial charge in [-0.15, -0.1) is 0 Å². The van der Waals surface area contributed by atoms with Gasteiger partial charge in [-0.05, 0) is 112 Å². The van der Waals surface area contributed by atoms with Crippen LogP contribution in [0.1, 0.15) is 120 Å². The van der Waals surface area contributed by atoms with E-state index in [9.17, 15) is 20.4 Å². The van der Waals surface area contributed by atoms with Gasteiger partial charge >= 0.3 is 0 Å². The second kappa shape index (κ2) is 24.4. The molecule has 0 aromatic heterocycles. The Morgan fingerprint density at radius 1 is 1.04 bits per heavy atom. The number of carboxylic acid groups (broad SMARTS) is 1. The van der Waals surface area contributed by atoms with Gasteiger partial charge in [-0.3, -0.25) is 4.79 Å². The summed E-state index contributed by atoms with van der Waals surface area (Å²) in [5.41, 5.74) is -1.01. The highest BCUT2D eigenvalue weighted by molar-refractivity contribution is 5.32. The van der Waals surface area contributed by atoms with Gasteiger partial charge in [-0.2, -0.15) is 0 Å². The monoisotopic (exact) mass is 699 g/mol. The lowest BCUT2D eigenvalue weighted by Gasteiger charge is -2.52. The Bertz CT molecular complexity index is 950. The Kier molecular flexibility index (Phi) is 23.6. The highest BCUT2D eigenvalue weighted by Crippen LogP contribution is 2.49. The van der Waals surface area contributed by atoms with Crippen molar-refractivity contribution in [2.24, 2.45) is 47.3 Å². The maximum absolute atomic E-state index is 12.1. The summed E-state index contributed by atoms with van der Waals surface area (Å²) in [7, 11) is 0. The maximum Gasteiger partial charge on any atom is 0.290 e. The fraction of sp³-hybridized carbons (Fsp3) is 0.825. The van der Waals surface area contributed by atoms with Crippen LogP contribution in [0.25, 0.3) is 0 Å². The summed E-state index contributed by atoms with van der Waals surface area (Å²) in [6.07, 6.45) is 12.9. The fourth-order valence-corrected chi connectivity index (χ4v) is 8.39. The minimum Gasteiger partial charge on any atom is -0.508 e. The van der Waals surface area contributed by atoms with E-state index in [1.54, 1.807) is 19.1 Å². The summed E-state index contributed by atoms with van der Waals surface area (Å²) in [5, 5.41) is 61.5. The van der Waals surface area contributed by atoms with Crippen LogP contribution in [0.15, 0.2) is 36.6 Å². The Hall–Kier alpha value is -1.75. The van der Waals surface area contributed by atoms with E-state index in [1.165, 1.54) is 12.2 Å². The summed E-state index contributed by atoms with van der Waals surface area (Å²) < 4.78 is 11.8. The molecule has 288 valence electrons. The average molecular weight is 699 g/mol. The number of rotatable bonds is 17. The number of aliphatic hydroxyl groups is 5. The molecule has 2 saturated carbocycles. The van der Waals surface area contributed by atoms with Crippen molar-refractivity contribution < 1.29 is 44.9 Å². The molecular formula is C40H74O9. The summed E-state index contributed by atoms with van der Waals surface area (Å²) in [6, 6.07) is 0. The van der Waals surface area contributed by atoms with Gasteiger partial charge in [0.15, 0.2) is 5.79 Å². The van der Waals surface area contributed by atoms with E-state index in [4.69, 9.17) is 24.5 Å². The normalized spacial score (nSPS) is 31.2. The van der Waals surface area contributed by atoms with Gasteiger partial charge in [0.2, 0.25) is 0 Å². The minimum atomic E-state index is -1.13. The Balaban J connectivity index is 0.00000180. The third-order valence-electron chi connectivity index (χ3n) is 11.0. The third-order valence-corrected chi connectivity index (χ3v) is 11.0. The molecule has 0 amide bonds. The first-order valence-corrected chi connectivity index (χ1v) is 18.8. The number of hydrogen-bond donors (Lipinski definition) is 6. The molecule has 6 unspecified atom stereocenters. The molecule has 2 rings (SSSR count). The quantitative estimate of drug-likeness (QED) is 0.0388. The number of aliphatic hydroxyl groups excluding tert-OH is 3. The standard InChI is InChI=1S/C32H62O6.C7H10O.CH2O2/c1-9-12-27-22(5)14-16-28(32(27,36)20-37-11-3)24(7)30(34)29(33)23(6)26-15-13-21(4)18-25(26)19-38-31(8,35)17-10-2;1-3-5-7(8)6-4-2;2-1-3/h21-30,33-36H,9-20H2,1-8H3;3-6,8H,1H2,2H3;1H,(H,2,3)/b;6-4-,7-5+;/t21-,22-,23?,24?,25?,26+,27?,28+,29?,30?,31+,32-;;/m1../s1. The van der Waals surface area contributed by atoms with Crippen LogP contribution in [0.4, 0.5) is 0 Å². The van der Waals surface area contributed by atoms with Crippen molar-refractivity contribution in [1.82, 2.24) is 0 Å². The van der Waals surface area contributed by atoms with Crippen LogP contribution in [0, 0.1) is 47.3 Å². The van der Waals surface area contributed by atoms with Crippen molar-refractivity contribution >= 4 is 6.47 Å². The highest BCUT2D eigenvalue weighted by Gasteiger charge is 2.53. The molecule has 0 bridgehead atoms. The summed E-state index contributed by atoms with van der Waals surface area (Å²) >= 11 is 0. The predicted molar refractivity (Wildman–Crippen MR) is 198 cm³/mol. The van der Waals surface area contributed by atoms with Crippen LogP contribution in [-0.2, 0) is 14.3 Å². The number of allylic oxidation sites excluding steroid dienone is 4. The van der Waals surface area contributed by atoms with Crippen LogP contribution >= 0.6 is 0 Å². The summed E-state index contributed by atoms with van der Waals surface area (Å²) in [6.45, 7) is 22.8. The molecule has 0 spiro atoms. The first kappa shape index (κ1) is 47.2. The Morgan fingerprint density at radius 3 is 2.18 bits per heavy atom. The zero-order valence-electron chi connectivity index (χ0n) is 32.3. The lowest BCUT2D eigenvalue weighted by atomic mass is 9.58. The van der Waals surface area contributed by atoms with Gasteiger partial charge < -0.3 is 40.1 Å². The summed E-state index contributed by atoms with van der Waals surface area (Å²) in [4.78, 5) is 8.36. The van der Waals surface area contributed by atoms with Gasteiger partial charge in [0.1, 0.15) is 5.76 Å². The molecule has 0 heterocycles. The van der Waals surface area contributed by atoms with E-state index in [-0.39, 0.29) is 54.3 Å². The van der Waals surface area contributed by atoms with Gasteiger partial charge in [0.05, 0.1) is 31.0 Å². The van der Waals surface area contributed by atoms with Crippen molar-refractivity contribution in [3.63, 3.8) is 0 Å². The van der Waals surface area contributed by atoms with Crippen molar-refractivity contribution in [2.45, 2.75) is 144 Å². The number of ether oxygens (including phenoxy) is 2. The van der Waals surface area contributed by atoms with Crippen LogP contribution < -0.4 is 0 Å². The zero-order valence-corrected chi connectivity index (χ0v) is 32.3. The van der Waals surface area contributed by atoms with Crippen LogP contribution in [0.2, 0.25) is 0 Å². The molecule has 0 aromatic carbocycles. The van der Waals surface area contributed by atoms with Gasteiger partial charge in [-0.25, -0.2) is 0 Å². The van der Waals surface area contributed by atoms with Crippen molar-refractivity contribution in [3.05, 3.63) is 36.6 Å². The molecule has 12 atom stereocenters. The Labute approximate surface area is 298 Å². The number of hydrogen-bond acceptors (Lipinski definition) is 8. The molecule has 6 N–H and O–H groups in total. The largest absolute Gasteiger partial charge is 0.508 e. The van der Waals surface area contributed by atoms with E-state index in [0.717, 1.165) is 51.4 Å². The van der Waals surface area contributed by atoms with E-state index >= 15 is 0 Å². The predicted octanol–water partition coefficient (Wildman–Crippen LogP) is 7.68. The van der Waals surface area contributed by atoms with Crippen molar-refractivity contribution in [1.29, 1.82) is 0 Å². The van der Waals surface area contributed by atoms with E-state index in [2.05, 4.69) is 34.3 Å². The minimum absolute atomic E-state index is 0.112. The second-order valence-electron chi connectivity index (χ2n) is 14.9. The molecule has 9 nitrogen and oxygen atoms in total. The van der Waals surface area contributed by atoms with E-state index in [1.807, 2.05) is 27.7 Å². The number of carbonyl (C=O) groups is 1. The molecule has 0 radical (unpaired) electrons. The molecule has 2 aliphatic rings. The molecule has 0 saturated heterocycles. The molecule has 0 aliphatic heterocycles. The highest BCUT2D eigenvalue weighted by atomic mass is 16.6. The van der Waals surface area contributed by atoms with Gasteiger partial charge in [0.25, 0.3) is 6.47 Å². The average Bonchev–Trinajstić information content (AvgIpc) is 3.04. The van der Waals surface area contributed by atoms with Gasteiger partial charge in [0, 0.05) is 13.0 Å². The van der Waals surface area contributed by atoms with E-state index in [0.29, 0.717) is 31.5 Å². The van der Waals surface area contributed by atoms with Gasteiger partial charge in [-0.1, -0.05) is 79.5 Å². The molecule has 9 heteroatoms. The molecule has 2 aliphatic carbocycles. The lowest BCUT2D eigenvalue weighted by Crippen LogP contribution is -2.58. The van der Waals surface area contributed by atoms with Crippen LogP contribution in [0.3, 0.4) is 0 Å². The third kappa shape index (κ3) is 15.6. The first-order chi connectivity index (χ1) is 23.0. The SMILES string of the molecule is C=C/C=C(O)\C=C/C.CCCC1[C@H](C)CC[C@@H](C(C)C(O)C(O)C(C)[C@@H]2CC[C@@H](C)CC2CO[C@](C)(O)CCC)[C@@]1(O)COCC.O=CO. The van der Waals surface area contributed by atoms with Crippen molar-refractivity contribution in [2.75, 3.05) is 19.8 Å². The molecule has 49 heavy (non-hydrogen) atoms. The smallest absolute Gasteiger partial charge is 0.290 e. The lowest BCUT2D eigenvalue weighted by molar-refractivity contribution is -0.209. The van der Waals surface area contributed by atoms with Crippen LogP contribution in [0.5, 0.6) is 0 Å². The molecule has 0 aromatic rings. The van der Waals surface area contributed by atoms with Crippen molar-refractivity contribution in [3.8, 4) is 0 Å². The van der Waals surface area contributed by atoms with Crippen LogP contribution in [-0.4, -0.2) is 80.5 Å².